The SMILES string of the molecule is [CH2]CC(=N)CCC(=N)C[CH2]. The molecule has 0 bridgehead atoms. The van der Waals surface area contributed by atoms with Crippen molar-refractivity contribution >= 4 is 11.4 Å². The molecule has 0 saturated carbocycles. The highest BCUT2D eigenvalue weighted by atomic mass is 14.4. The molecule has 2 radical (unpaired) electrons. The Morgan fingerprint density at radius 2 is 1.20 bits per heavy atom. The molecule has 2 nitrogen and oxygen atoms in total. The Hall–Kier alpha value is -0.660. The fourth-order valence-electron chi connectivity index (χ4n) is 0.552. The zero-order valence-corrected chi connectivity index (χ0v) is 6.24. The van der Waals surface area contributed by atoms with Gasteiger partial charge < -0.3 is 10.8 Å². The van der Waals surface area contributed by atoms with Gasteiger partial charge in [0, 0.05) is 11.4 Å². The maximum atomic E-state index is 7.23. The Morgan fingerprint density at radius 3 is 1.40 bits per heavy atom. The molecule has 0 unspecified atom stereocenters. The van der Waals surface area contributed by atoms with E-state index in [4.69, 9.17) is 10.8 Å². The van der Waals surface area contributed by atoms with Crippen LogP contribution in [0.15, 0.2) is 0 Å². The van der Waals surface area contributed by atoms with E-state index in [1.54, 1.807) is 0 Å². The maximum absolute atomic E-state index is 7.23. The van der Waals surface area contributed by atoms with Crippen LogP contribution in [0.3, 0.4) is 0 Å². The Kier molecular flexibility index (Phi) is 4.81. The van der Waals surface area contributed by atoms with Gasteiger partial charge in [-0.25, -0.2) is 0 Å². The molecule has 0 saturated heterocycles. The van der Waals surface area contributed by atoms with Gasteiger partial charge in [0.25, 0.3) is 0 Å². The second-order valence-electron chi connectivity index (χ2n) is 2.21. The van der Waals surface area contributed by atoms with E-state index in [-0.39, 0.29) is 0 Å². The van der Waals surface area contributed by atoms with Crippen molar-refractivity contribution in [3.05, 3.63) is 13.8 Å². The van der Waals surface area contributed by atoms with E-state index in [1.165, 1.54) is 0 Å². The first-order valence-electron chi connectivity index (χ1n) is 3.41. The van der Waals surface area contributed by atoms with E-state index in [2.05, 4.69) is 13.8 Å². The molecule has 0 amide bonds. The third-order valence-electron chi connectivity index (χ3n) is 1.33. The third-order valence-corrected chi connectivity index (χ3v) is 1.33. The average Bonchev–Trinajstić information content (AvgIpc) is 1.99. The third kappa shape index (κ3) is 4.24. The molecule has 0 spiro atoms. The van der Waals surface area contributed by atoms with Gasteiger partial charge in [0.2, 0.25) is 0 Å². The molecule has 56 valence electrons. The summed E-state index contributed by atoms with van der Waals surface area (Å²) in [7, 11) is 0. The van der Waals surface area contributed by atoms with Crippen molar-refractivity contribution in [1.82, 2.24) is 0 Å². The highest BCUT2D eigenvalue weighted by Crippen LogP contribution is 1.98. The lowest BCUT2D eigenvalue weighted by molar-refractivity contribution is 1.06. The number of hydrogen-bond acceptors (Lipinski definition) is 2. The van der Waals surface area contributed by atoms with Crippen molar-refractivity contribution in [2.24, 2.45) is 0 Å². The number of rotatable bonds is 5. The van der Waals surface area contributed by atoms with Crippen LogP contribution in [0, 0.1) is 24.7 Å². The van der Waals surface area contributed by atoms with Crippen LogP contribution in [0.2, 0.25) is 0 Å². The lowest BCUT2D eigenvalue weighted by atomic mass is 10.1. The summed E-state index contributed by atoms with van der Waals surface area (Å²) >= 11 is 0. The molecule has 0 rings (SSSR count). The summed E-state index contributed by atoms with van der Waals surface area (Å²) in [6.45, 7) is 7.16. The maximum Gasteiger partial charge on any atom is 0.00929 e. The monoisotopic (exact) mass is 138 g/mol. The van der Waals surface area contributed by atoms with Crippen molar-refractivity contribution in [1.29, 1.82) is 10.8 Å². The lowest BCUT2D eigenvalue weighted by Gasteiger charge is -1.99. The van der Waals surface area contributed by atoms with Crippen molar-refractivity contribution < 1.29 is 0 Å². The summed E-state index contributed by atoms with van der Waals surface area (Å²) < 4.78 is 0. The molecule has 0 heterocycles. The molecule has 0 aliphatic rings. The van der Waals surface area contributed by atoms with Crippen molar-refractivity contribution in [3.8, 4) is 0 Å². The first-order valence-corrected chi connectivity index (χ1v) is 3.41. The smallest absolute Gasteiger partial charge is 0.00929 e. The average molecular weight is 138 g/mol. The van der Waals surface area contributed by atoms with Gasteiger partial charge in [-0.15, -0.1) is 0 Å². The molecule has 0 aromatic carbocycles. The van der Waals surface area contributed by atoms with Gasteiger partial charge in [-0.3, -0.25) is 0 Å². The molecule has 10 heavy (non-hydrogen) atoms. The van der Waals surface area contributed by atoms with Crippen molar-refractivity contribution in [2.45, 2.75) is 25.7 Å². The molecule has 0 fully saturated rings. The zero-order chi connectivity index (χ0) is 7.98. The Balaban J connectivity index is 3.35. The fraction of sp³-hybridized carbons (Fsp3) is 0.500. The Labute approximate surface area is 62.7 Å². The van der Waals surface area contributed by atoms with E-state index in [9.17, 15) is 0 Å². The molecule has 2 heteroatoms. The summed E-state index contributed by atoms with van der Waals surface area (Å²) in [5.74, 6) is 0. The van der Waals surface area contributed by atoms with Gasteiger partial charge >= 0.3 is 0 Å². The summed E-state index contributed by atoms with van der Waals surface area (Å²) in [6, 6.07) is 0. The van der Waals surface area contributed by atoms with E-state index in [0.717, 1.165) is 0 Å². The molecular weight excluding hydrogens is 124 g/mol. The quantitative estimate of drug-likeness (QED) is 0.547. The molecule has 2 N–H and O–H groups in total. The van der Waals surface area contributed by atoms with Crippen molar-refractivity contribution in [3.63, 3.8) is 0 Å². The first-order chi connectivity index (χ1) is 4.70. The predicted octanol–water partition coefficient (Wildman–Crippen LogP) is 2.25. The van der Waals surface area contributed by atoms with Crippen LogP contribution in [0.1, 0.15) is 25.7 Å². The van der Waals surface area contributed by atoms with Gasteiger partial charge in [-0.05, 0) is 39.5 Å². The van der Waals surface area contributed by atoms with Gasteiger partial charge in [-0.2, -0.15) is 0 Å². The molecule has 0 aliphatic carbocycles. The zero-order valence-electron chi connectivity index (χ0n) is 6.24. The Morgan fingerprint density at radius 1 is 0.900 bits per heavy atom. The minimum absolute atomic E-state index is 0.560. The summed E-state index contributed by atoms with van der Waals surface area (Å²) in [4.78, 5) is 0. The largest absolute Gasteiger partial charge is 0.310 e. The molecular formula is C8H14N2. The molecule has 0 aromatic rings. The van der Waals surface area contributed by atoms with E-state index in [0.29, 0.717) is 37.1 Å². The summed E-state index contributed by atoms with van der Waals surface area (Å²) in [5, 5.41) is 14.5. The minimum atomic E-state index is 0.560. The van der Waals surface area contributed by atoms with Crippen LogP contribution in [0.25, 0.3) is 0 Å². The van der Waals surface area contributed by atoms with E-state index in [1.807, 2.05) is 0 Å². The van der Waals surface area contributed by atoms with Gasteiger partial charge in [0.05, 0.1) is 0 Å². The summed E-state index contributed by atoms with van der Waals surface area (Å²) in [5.41, 5.74) is 1.25. The van der Waals surface area contributed by atoms with Gasteiger partial charge in [0.15, 0.2) is 0 Å². The minimum Gasteiger partial charge on any atom is -0.310 e. The van der Waals surface area contributed by atoms with E-state index < -0.39 is 0 Å². The number of nitrogens with one attached hydrogen (secondary N) is 2. The predicted molar refractivity (Wildman–Crippen MR) is 44.6 cm³/mol. The highest BCUT2D eigenvalue weighted by molar-refractivity contribution is 5.89. The molecule has 0 aliphatic heterocycles. The topological polar surface area (TPSA) is 47.7 Å². The first kappa shape index (κ1) is 9.34. The molecule has 0 aromatic heterocycles. The van der Waals surface area contributed by atoms with Crippen LogP contribution in [0.4, 0.5) is 0 Å². The molecule has 0 atom stereocenters. The number of hydrogen-bond donors (Lipinski definition) is 2. The van der Waals surface area contributed by atoms with Crippen LogP contribution < -0.4 is 0 Å². The van der Waals surface area contributed by atoms with Crippen LogP contribution in [-0.2, 0) is 0 Å². The van der Waals surface area contributed by atoms with Gasteiger partial charge in [0.1, 0.15) is 0 Å². The standard InChI is InChI=1S/C8H14N2/c1-3-7(9)5-6-8(10)4-2/h9-10H,1-6H2. The van der Waals surface area contributed by atoms with Crippen LogP contribution in [-0.4, -0.2) is 11.4 Å². The highest BCUT2D eigenvalue weighted by Gasteiger charge is 1.96. The van der Waals surface area contributed by atoms with E-state index >= 15 is 0 Å². The Bertz CT molecular complexity index is 111. The second-order valence-corrected chi connectivity index (χ2v) is 2.21. The second kappa shape index (κ2) is 5.15. The van der Waals surface area contributed by atoms with Gasteiger partial charge in [-0.1, -0.05) is 0 Å². The summed E-state index contributed by atoms with van der Waals surface area (Å²) in [6.07, 6.45) is 2.48. The van der Waals surface area contributed by atoms with Crippen molar-refractivity contribution in [2.75, 3.05) is 0 Å². The van der Waals surface area contributed by atoms with Crippen LogP contribution >= 0.6 is 0 Å². The normalized spacial score (nSPS) is 9.40. The van der Waals surface area contributed by atoms with Crippen LogP contribution in [0.5, 0.6) is 0 Å². The fourth-order valence-corrected chi connectivity index (χ4v) is 0.552. The lowest BCUT2D eigenvalue weighted by Crippen LogP contribution is -2.00.